The van der Waals surface area contributed by atoms with Crippen molar-refractivity contribution in [1.29, 1.82) is 0 Å². The average molecular weight is 173 g/mol. The molecule has 1 fully saturated rings. The molecule has 68 valence electrons. The predicted molar refractivity (Wildman–Crippen MR) is 40.3 cm³/mol. The fraction of sp³-hybridized carbons (Fsp3) is 1.00. The third kappa shape index (κ3) is 1.51. The van der Waals surface area contributed by atoms with Crippen molar-refractivity contribution >= 4 is 0 Å². The molecular formula is C6H11N3O3. The van der Waals surface area contributed by atoms with Gasteiger partial charge in [0.2, 0.25) is 0 Å². The van der Waals surface area contributed by atoms with E-state index in [2.05, 4.69) is 10.0 Å². The molecule has 0 amide bonds. The number of aliphatic hydroxyl groups excluding tert-OH is 1. The zero-order chi connectivity index (χ0) is 9.14. The lowest BCUT2D eigenvalue weighted by Crippen LogP contribution is -2.30. The number of hydrogen-bond acceptors (Lipinski definition) is 4. The second-order valence-corrected chi connectivity index (χ2v) is 2.63. The van der Waals surface area contributed by atoms with E-state index in [0.29, 0.717) is 0 Å². The van der Waals surface area contributed by atoms with Crippen LogP contribution in [0.15, 0.2) is 5.11 Å². The Morgan fingerprint density at radius 1 is 1.67 bits per heavy atom. The molecule has 0 aromatic rings. The zero-order valence-electron chi connectivity index (χ0n) is 6.91. The fourth-order valence-corrected chi connectivity index (χ4v) is 1.19. The van der Waals surface area contributed by atoms with Gasteiger partial charge in [0, 0.05) is 12.0 Å². The zero-order valence-corrected chi connectivity index (χ0v) is 6.91. The molecule has 0 bridgehead atoms. The Kier molecular flexibility index (Phi) is 2.88. The van der Waals surface area contributed by atoms with Crippen LogP contribution in [-0.2, 0) is 9.47 Å². The topological polar surface area (TPSA) is 87.5 Å². The summed E-state index contributed by atoms with van der Waals surface area (Å²) >= 11 is 0. The van der Waals surface area contributed by atoms with Crippen molar-refractivity contribution in [2.45, 2.75) is 31.5 Å². The minimum Gasteiger partial charge on any atom is -0.390 e. The summed E-state index contributed by atoms with van der Waals surface area (Å²) in [6.45, 7) is 1.70. The second-order valence-electron chi connectivity index (χ2n) is 2.63. The van der Waals surface area contributed by atoms with Gasteiger partial charge in [-0.1, -0.05) is 5.11 Å². The molecule has 0 radical (unpaired) electrons. The molecule has 6 heteroatoms. The van der Waals surface area contributed by atoms with Crippen molar-refractivity contribution in [3.8, 4) is 0 Å². The molecule has 1 heterocycles. The Balaban J connectivity index is 2.72. The van der Waals surface area contributed by atoms with E-state index in [1.165, 1.54) is 7.11 Å². The van der Waals surface area contributed by atoms with Crippen LogP contribution in [0.2, 0.25) is 0 Å². The van der Waals surface area contributed by atoms with Crippen molar-refractivity contribution in [1.82, 2.24) is 0 Å². The van der Waals surface area contributed by atoms with Crippen molar-refractivity contribution < 1.29 is 14.6 Å². The number of azide groups is 1. The highest BCUT2D eigenvalue weighted by atomic mass is 16.7. The highest BCUT2D eigenvalue weighted by Gasteiger charge is 2.40. The summed E-state index contributed by atoms with van der Waals surface area (Å²) in [6.07, 6.45) is -1.78. The number of ether oxygens (including phenoxy) is 2. The normalized spacial score (nSPS) is 40.9. The summed E-state index contributed by atoms with van der Waals surface area (Å²) in [5.41, 5.74) is 8.18. The highest BCUT2D eigenvalue weighted by Crippen LogP contribution is 2.23. The fourth-order valence-electron chi connectivity index (χ4n) is 1.19. The monoisotopic (exact) mass is 173 g/mol. The molecule has 1 aliphatic heterocycles. The van der Waals surface area contributed by atoms with E-state index >= 15 is 0 Å². The minimum atomic E-state index is -0.786. The number of hydrogen-bond donors (Lipinski definition) is 1. The van der Waals surface area contributed by atoms with E-state index < -0.39 is 18.4 Å². The molecular weight excluding hydrogens is 162 g/mol. The number of rotatable bonds is 2. The van der Waals surface area contributed by atoms with Gasteiger partial charge in [0.25, 0.3) is 0 Å². The maximum Gasteiger partial charge on any atom is 0.168 e. The molecule has 0 spiro atoms. The van der Waals surface area contributed by atoms with Crippen LogP contribution in [0.4, 0.5) is 0 Å². The van der Waals surface area contributed by atoms with Crippen molar-refractivity contribution in [3.63, 3.8) is 0 Å². The maximum absolute atomic E-state index is 9.42. The molecule has 0 saturated carbocycles. The number of aliphatic hydroxyl groups is 1. The first-order valence-corrected chi connectivity index (χ1v) is 3.61. The summed E-state index contributed by atoms with van der Waals surface area (Å²) in [5, 5.41) is 12.8. The Morgan fingerprint density at radius 2 is 2.33 bits per heavy atom. The third-order valence-corrected chi connectivity index (χ3v) is 1.88. The van der Waals surface area contributed by atoms with Gasteiger partial charge in [-0.3, -0.25) is 0 Å². The van der Waals surface area contributed by atoms with Crippen LogP contribution in [0.25, 0.3) is 10.4 Å². The van der Waals surface area contributed by atoms with Crippen molar-refractivity contribution in [2.75, 3.05) is 7.11 Å². The van der Waals surface area contributed by atoms with E-state index in [0.717, 1.165) is 0 Å². The third-order valence-electron chi connectivity index (χ3n) is 1.88. The molecule has 1 N–H and O–H groups in total. The predicted octanol–water partition coefficient (Wildman–Crippen LogP) is 0.417. The molecule has 6 nitrogen and oxygen atoms in total. The van der Waals surface area contributed by atoms with Crippen LogP contribution in [-0.4, -0.2) is 36.8 Å². The Bertz CT molecular complexity index is 204. The largest absolute Gasteiger partial charge is 0.390 e. The molecule has 0 aromatic heterocycles. The first kappa shape index (κ1) is 9.28. The van der Waals surface area contributed by atoms with Gasteiger partial charge in [-0.25, -0.2) is 0 Å². The minimum absolute atomic E-state index is 0.356. The van der Waals surface area contributed by atoms with E-state index in [-0.39, 0.29) is 6.10 Å². The van der Waals surface area contributed by atoms with Gasteiger partial charge in [-0.15, -0.1) is 0 Å². The van der Waals surface area contributed by atoms with E-state index in [4.69, 9.17) is 15.0 Å². The molecule has 4 atom stereocenters. The Hall–Kier alpha value is -0.810. The molecule has 1 aliphatic rings. The van der Waals surface area contributed by atoms with Crippen LogP contribution in [0.5, 0.6) is 0 Å². The summed E-state index contributed by atoms with van der Waals surface area (Å²) < 4.78 is 10.0. The van der Waals surface area contributed by atoms with Gasteiger partial charge in [0.05, 0.1) is 12.2 Å². The van der Waals surface area contributed by atoms with Gasteiger partial charge in [0.15, 0.2) is 6.29 Å². The molecule has 1 saturated heterocycles. The van der Waals surface area contributed by atoms with Crippen molar-refractivity contribution in [2.24, 2.45) is 5.11 Å². The highest BCUT2D eigenvalue weighted by molar-refractivity contribution is 4.89. The first-order chi connectivity index (χ1) is 5.70. The van der Waals surface area contributed by atoms with Crippen LogP contribution >= 0.6 is 0 Å². The van der Waals surface area contributed by atoms with E-state index in [1.54, 1.807) is 6.92 Å². The van der Waals surface area contributed by atoms with Gasteiger partial charge in [-0.05, 0) is 12.5 Å². The lowest BCUT2D eigenvalue weighted by Gasteiger charge is -2.12. The first-order valence-electron chi connectivity index (χ1n) is 3.61. The van der Waals surface area contributed by atoms with E-state index in [9.17, 15) is 5.11 Å². The van der Waals surface area contributed by atoms with E-state index in [1.807, 2.05) is 0 Å². The average Bonchev–Trinajstić information content (AvgIpc) is 2.33. The molecule has 0 aromatic carbocycles. The Morgan fingerprint density at radius 3 is 2.83 bits per heavy atom. The Labute approximate surface area is 69.7 Å². The molecule has 0 aliphatic carbocycles. The summed E-state index contributed by atoms with van der Waals surface area (Å²) in [5.74, 6) is 0. The lowest BCUT2D eigenvalue weighted by molar-refractivity contribution is -0.117. The number of methoxy groups -OCH3 is 1. The van der Waals surface area contributed by atoms with Gasteiger partial charge in [-0.2, -0.15) is 0 Å². The molecule has 12 heavy (non-hydrogen) atoms. The number of nitrogens with zero attached hydrogens (tertiary/aromatic N) is 3. The summed E-state index contributed by atoms with van der Waals surface area (Å²) in [6, 6.07) is -0.644. The van der Waals surface area contributed by atoms with Gasteiger partial charge in [0.1, 0.15) is 6.04 Å². The SMILES string of the molecule is CO[C@H]1O[C@@H](C)[C@H](O)[C@@H]1N=[N+]=[N-]. The standard InChI is InChI=1S/C6H11N3O3/c1-3-5(10)4(8-9-7)6(11-2)12-3/h3-6,10H,1-2H3/t3-,4-,5-,6-/m0/s1. The lowest BCUT2D eigenvalue weighted by atomic mass is 10.1. The van der Waals surface area contributed by atoms with Crippen LogP contribution in [0.1, 0.15) is 6.92 Å². The van der Waals surface area contributed by atoms with Crippen LogP contribution < -0.4 is 0 Å². The van der Waals surface area contributed by atoms with Gasteiger partial charge >= 0.3 is 0 Å². The molecule has 1 rings (SSSR count). The van der Waals surface area contributed by atoms with Crippen molar-refractivity contribution in [3.05, 3.63) is 10.4 Å². The summed E-state index contributed by atoms with van der Waals surface area (Å²) in [7, 11) is 1.44. The van der Waals surface area contributed by atoms with Gasteiger partial charge < -0.3 is 14.6 Å². The second kappa shape index (κ2) is 3.73. The quantitative estimate of drug-likeness (QED) is 0.373. The summed E-state index contributed by atoms with van der Waals surface area (Å²) in [4.78, 5) is 2.61. The maximum atomic E-state index is 9.42. The smallest absolute Gasteiger partial charge is 0.168 e. The van der Waals surface area contributed by atoms with Crippen LogP contribution in [0.3, 0.4) is 0 Å². The van der Waals surface area contributed by atoms with Crippen LogP contribution in [0, 0.1) is 0 Å². The molecule has 0 unspecified atom stereocenters.